The second-order valence-electron chi connectivity index (χ2n) is 4.29. The standard InChI is InChI=1S/C13H19N3S/c1-12(10-13-4-2-9-17-13)15-5-3-7-16-8-6-14-11-16/h2,4,6,8-9,11-12,15H,3,5,7,10H2,1H3. The third-order valence-corrected chi connectivity index (χ3v) is 3.63. The minimum atomic E-state index is 0.552. The predicted molar refractivity (Wildman–Crippen MR) is 72.3 cm³/mol. The molecule has 17 heavy (non-hydrogen) atoms. The summed E-state index contributed by atoms with van der Waals surface area (Å²) >= 11 is 1.84. The first-order valence-corrected chi connectivity index (χ1v) is 6.94. The lowest BCUT2D eigenvalue weighted by Gasteiger charge is -2.12. The van der Waals surface area contributed by atoms with E-state index in [2.05, 4.69) is 39.3 Å². The molecule has 0 aromatic carbocycles. The molecule has 0 fully saturated rings. The van der Waals surface area contributed by atoms with Crippen LogP contribution in [0.25, 0.3) is 0 Å². The number of hydrogen-bond donors (Lipinski definition) is 1. The molecule has 0 bridgehead atoms. The molecule has 3 nitrogen and oxygen atoms in total. The van der Waals surface area contributed by atoms with Crippen LogP contribution in [0.5, 0.6) is 0 Å². The number of thiophene rings is 1. The second kappa shape index (κ2) is 6.57. The first-order chi connectivity index (χ1) is 8.34. The number of aromatic nitrogens is 2. The molecule has 0 radical (unpaired) electrons. The molecule has 2 heterocycles. The lowest BCUT2D eigenvalue weighted by Crippen LogP contribution is -2.29. The lowest BCUT2D eigenvalue weighted by molar-refractivity contribution is 0.512. The molecule has 0 saturated heterocycles. The van der Waals surface area contributed by atoms with Crippen LogP contribution in [-0.4, -0.2) is 22.1 Å². The highest BCUT2D eigenvalue weighted by molar-refractivity contribution is 7.09. The van der Waals surface area contributed by atoms with Crippen LogP contribution in [0, 0.1) is 0 Å². The minimum absolute atomic E-state index is 0.552. The molecule has 2 aromatic heterocycles. The summed E-state index contributed by atoms with van der Waals surface area (Å²) in [5, 5.41) is 5.70. The number of aryl methyl sites for hydroxylation is 1. The molecule has 1 unspecified atom stereocenters. The van der Waals surface area contributed by atoms with Crippen molar-refractivity contribution in [1.82, 2.24) is 14.9 Å². The van der Waals surface area contributed by atoms with Gasteiger partial charge in [0, 0.05) is 29.9 Å². The van der Waals surface area contributed by atoms with Gasteiger partial charge >= 0.3 is 0 Å². The molecule has 4 heteroatoms. The fourth-order valence-electron chi connectivity index (χ4n) is 1.83. The number of nitrogens with zero attached hydrogens (tertiary/aromatic N) is 2. The molecule has 0 spiro atoms. The van der Waals surface area contributed by atoms with Crippen LogP contribution < -0.4 is 5.32 Å². The maximum atomic E-state index is 4.03. The van der Waals surface area contributed by atoms with Crippen LogP contribution in [0.3, 0.4) is 0 Å². The van der Waals surface area contributed by atoms with Crippen molar-refractivity contribution in [3.63, 3.8) is 0 Å². The van der Waals surface area contributed by atoms with E-state index in [4.69, 9.17) is 0 Å². The summed E-state index contributed by atoms with van der Waals surface area (Å²) in [4.78, 5) is 5.49. The van der Waals surface area contributed by atoms with Crippen LogP contribution in [0.4, 0.5) is 0 Å². The first-order valence-electron chi connectivity index (χ1n) is 6.06. The van der Waals surface area contributed by atoms with E-state index in [0.29, 0.717) is 6.04 Å². The maximum Gasteiger partial charge on any atom is 0.0945 e. The van der Waals surface area contributed by atoms with E-state index in [1.54, 1.807) is 0 Å². The van der Waals surface area contributed by atoms with Crippen LogP contribution in [0.2, 0.25) is 0 Å². The predicted octanol–water partition coefficient (Wildman–Crippen LogP) is 2.56. The molecule has 0 saturated carbocycles. The molecule has 1 atom stereocenters. The Morgan fingerprint density at radius 3 is 3.18 bits per heavy atom. The quantitative estimate of drug-likeness (QED) is 0.764. The Hall–Kier alpha value is -1.13. The van der Waals surface area contributed by atoms with Gasteiger partial charge in [-0.05, 0) is 37.8 Å². The van der Waals surface area contributed by atoms with Gasteiger partial charge in [-0.25, -0.2) is 4.98 Å². The summed E-state index contributed by atoms with van der Waals surface area (Å²) in [7, 11) is 0. The summed E-state index contributed by atoms with van der Waals surface area (Å²) in [6.45, 7) is 4.35. The smallest absolute Gasteiger partial charge is 0.0945 e. The van der Waals surface area contributed by atoms with Gasteiger partial charge in [-0.15, -0.1) is 11.3 Å². The Labute approximate surface area is 107 Å². The Morgan fingerprint density at radius 2 is 2.47 bits per heavy atom. The van der Waals surface area contributed by atoms with E-state index in [-0.39, 0.29) is 0 Å². The zero-order valence-corrected chi connectivity index (χ0v) is 11.0. The SMILES string of the molecule is CC(Cc1cccs1)NCCCn1ccnc1. The average molecular weight is 249 g/mol. The number of hydrogen-bond acceptors (Lipinski definition) is 3. The highest BCUT2D eigenvalue weighted by Gasteiger charge is 2.03. The molecule has 2 rings (SSSR count). The third-order valence-electron chi connectivity index (χ3n) is 2.73. The zero-order chi connectivity index (χ0) is 11.9. The molecule has 0 aliphatic rings. The summed E-state index contributed by atoms with van der Waals surface area (Å²) < 4.78 is 2.12. The molecule has 92 valence electrons. The van der Waals surface area contributed by atoms with E-state index >= 15 is 0 Å². The molecule has 2 aromatic rings. The Morgan fingerprint density at radius 1 is 1.53 bits per heavy atom. The molecule has 1 N–H and O–H groups in total. The monoisotopic (exact) mass is 249 g/mol. The lowest BCUT2D eigenvalue weighted by atomic mass is 10.2. The van der Waals surface area contributed by atoms with Crippen LogP contribution in [-0.2, 0) is 13.0 Å². The minimum Gasteiger partial charge on any atom is -0.337 e. The van der Waals surface area contributed by atoms with Gasteiger partial charge in [0.1, 0.15) is 0 Å². The maximum absolute atomic E-state index is 4.03. The molecular formula is C13H19N3S. The van der Waals surface area contributed by atoms with Crippen molar-refractivity contribution in [3.05, 3.63) is 41.1 Å². The van der Waals surface area contributed by atoms with Crippen molar-refractivity contribution in [3.8, 4) is 0 Å². The molecular weight excluding hydrogens is 230 g/mol. The number of nitrogens with one attached hydrogen (secondary N) is 1. The van der Waals surface area contributed by atoms with E-state index in [1.807, 2.05) is 30.1 Å². The normalized spacial score (nSPS) is 12.8. The average Bonchev–Trinajstić information content (AvgIpc) is 2.96. The molecule has 0 aliphatic heterocycles. The van der Waals surface area contributed by atoms with Crippen molar-refractivity contribution >= 4 is 11.3 Å². The van der Waals surface area contributed by atoms with Gasteiger partial charge in [-0.2, -0.15) is 0 Å². The highest BCUT2D eigenvalue weighted by atomic mass is 32.1. The highest BCUT2D eigenvalue weighted by Crippen LogP contribution is 2.10. The van der Waals surface area contributed by atoms with Crippen molar-refractivity contribution in [2.75, 3.05) is 6.54 Å². The van der Waals surface area contributed by atoms with Gasteiger partial charge < -0.3 is 9.88 Å². The van der Waals surface area contributed by atoms with Crippen LogP contribution in [0.15, 0.2) is 36.2 Å². The van der Waals surface area contributed by atoms with E-state index in [1.165, 1.54) is 4.88 Å². The fraction of sp³-hybridized carbons (Fsp3) is 0.462. The summed E-state index contributed by atoms with van der Waals surface area (Å²) in [6, 6.07) is 4.87. The summed E-state index contributed by atoms with van der Waals surface area (Å²) in [6.07, 6.45) is 7.98. The van der Waals surface area contributed by atoms with Gasteiger partial charge in [0.2, 0.25) is 0 Å². The van der Waals surface area contributed by atoms with Crippen molar-refractivity contribution < 1.29 is 0 Å². The summed E-state index contributed by atoms with van der Waals surface area (Å²) in [5.74, 6) is 0. The van der Waals surface area contributed by atoms with Gasteiger partial charge in [0.25, 0.3) is 0 Å². The van der Waals surface area contributed by atoms with Crippen molar-refractivity contribution in [2.45, 2.75) is 32.4 Å². The third kappa shape index (κ3) is 4.32. The molecule has 0 aliphatic carbocycles. The van der Waals surface area contributed by atoms with Crippen molar-refractivity contribution in [2.24, 2.45) is 0 Å². The van der Waals surface area contributed by atoms with Crippen molar-refractivity contribution in [1.29, 1.82) is 0 Å². The number of rotatable bonds is 7. The van der Waals surface area contributed by atoms with Crippen LogP contribution >= 0.6 is 11.3 Å². The summed E-state index contributed by atoms with van der Waals surface area (Å²) in [5.41, 5.74) is 0. The first kappa shape index (κ1) is 12.3. The second-order valence-corrected chi connectivity index (χ2v) is 5.32. The molecule has 0 amide bonds. The topological polar surface area (TPSA) is 29.9 Å². The van der Waals surface area contributed by atoms with Gasteiger partial charge in [0.05, 0.1) is 6.33 Å². The zero-order valence-electron chi connectivity index (χ0n) is 10.2. The van der Waals surface area contributed by atoms with E-state index < -0.39 is 0 Å². The Bertz CT molecular complexity index is 394. The Kier molecular flexibility index (Phi) is 4.76. The fourth-order valence-corrected chi connectivity index (χ4v) is 2.67. The van der Waals surface area contributed by atoms with Gasteiger partial charge in [0.15, 0.2) is 0 Å². The van der Waals surface area contributed by atoms with Crippen LogP contribution in [0.1, 0.15) is 18.2 Å². The van der Waals surface area contributed by atoms with Gasteiger partial charge in [-0.3, -0.25) is 0 Å². The largest absolute Gasteiger partial charge is 0.337 e. The van der Waals surface area contributed by atoms with Gasteiger partial charge in [-0.1, -0.05) is 6.07 Å². The van der Waals surface area contributed by atoms with E-state index in [0.717, 1.165) is 25.9 Å². The number of imidazole rings is 1. The van der Waals surface area contributed by atoms with E-state index in [9.17, 15) is 0 Å². The Balaban J connectivity index is 1.58.